The van der Waals surface area contributed by atoms with Crippen molar-refractivity contribution in [3.05, 3.63) is 156 Å². The Balaban J connectivity index is 0.00000323. The zero-order chi connectivity index (χ0) is 26.7. The van der Waals surface area contributed by atoms with E-state index < -0.39 is 7.26 Å². The van der Waals surface area contributed by atoms with Crippen molar-refractivity contribution in [1.29, 1.82) is 0 Å². The second kappa shape index (κ2) is 12.4. The van der Waals surface area contributed by atoms with Gasteiger partial charge in [0.15, 0.2) is 0 Å². The van der Waals surface area contributed by atoms with Gasteiger partial charge in [-0.05, 0) is 85.3 Å². The van der Waals surface area contributed by atoms with Crippen LogP contribution in [0.5, 0.6) is 0 Å². The molecule has 2 aromatic heterocycles. The predicted molar refractivity (Wildman–Crippen MR) is 170 cm³/mol. The van der Waals surface area contributed by atoms with Gasteiger partial charge in [-0.1, -0.05) is 82.7 Å². The first-order valence-corrected chi connectivity index (χ1v) is 15.5. The summed E-state index contributed by atoms with van der Waals surface area (Å²) in [6.07, 6.45) is 1.82. The normalized spacial score (nSPS) is 11.1. The molecule has 5 heteroatoms. The van der Waals surface area contributed by atoms with Gasteiger partial charge in [-0.3, -0.25) is 4.98 Å². The lowest BCUT2D eigenvalue weighted by molar-refractivity contribution is -0.00000751. The third-order valence-electron chi connectivity index (χ3n) is 7.02. The summed E-state index contributed by atoms with van der Waals surface area (Å²) in [6, 6.07) is 49.7. The third kappa shape index (κ3) is 5.20. The largest absolute Gasteiger partial charge is 1.00 e. The number of hydrogen-bond donors (Lipinski definition) is 0. The summed E-state index contributed by atoms with van der Waals surface area (Å²) in [4.78, 5) is 9.75. The van der Waals surface area contributed by atoms with Gasteiger partial charge in [-0.2, -0.15) is 0 Å². The molecule has 0 saturated heterocycles. The Bertz CT molecular complexity index is 1610. The first-order chi connectivity index (χ1) is 19.2. The molecule has 2 heterocycles. The number of benzene rings is 4. The number of pyridine rings is 2. The predicted octanol–water partition coefficient (Wildman–Crippen LogP) is 4.50. The smallest absolute Gasteiger partial charge is 0.145 e. The van der Waals surface area contributed by atoms with Crippen LogP contribution in [-0.2, 0) is 0 Å². The maximum absolute atomic E-state index is 5.18. The van der Waals surface area contributed by atoms with Crippen LogP contribution in [0.15, 0.2) is 150 Å². The van der Waals surface area contributed by atoms with Crippen LogP contribution in [0.25, 0.3) is 22.6 Å². The molecule has 6 rings (SSSR count). The number of nitrogens with zero attached hydrogens (tertiary/aromatic N) is 2. The van der Waals surface area contributed by atoms with Crippen LogP contribution in [0.4, 0.5) is 0 Å². The van der Waals surface area contributed by atoms with Crippen LogP contribution >= 0.6 is 23.2 Å². The molecular weight excluding hydrogens is 639 g/mol. The van der Waals surface area contributed by atoms with Crippen molar-refractivity contribution in [3.63, 3.8) is 0 Å². The third-order valence-corrected chi connectivity index (χ3v) is 12.2. The SMILES string of the molecule is Cc1cc(-c2cccc(-c3ccccn3)n2)c([P+](c2ccccc2)(c2ccccc2)c2ccccc2)cc1Br.[Br-]. The van der Waals surface area contributed by atoms with Gasteiger partial charge in [0.1, 0.15) is 28.5 Å². The average molecular weight is 666 g/mol. The Kier molecular flexibility index (Phi) is 8.71. The lowest BCUT2D eigenvalue weighted by atomic mass is 10.1. The Morgan fingerprint density at radius 3 is 1.57 bits per heavy atom. The maximum Gasteiger partial charge on any atom is 0.145 e. The zero-order valence-corrected chi connectivity index (χ0v) is 26.0. The molecule has 0 atom stereocenters. The van der Waals surface area contributed by atoms with E-state index in [-0.39, 0.29) is 17.0 Å². The van der Waals surface area contributed by atoms with Gasteiger partial charge < -0.3 is 17.0 Å². The lowest BCUT2D eigenvalue weighted by Gasteiger charge is -2.29. The quantitative estimate of drug-likeness (QED) is 0.245. The zero-order valence-electron chi connectivity index (χ0n) is 22.0. The minimum Gasteiger partial charge on any atom is -1.00 e. The second-order valence-corrected chi connectivity index (χ2v) is 13.6. The lowest BCUT2D eigenvalue weighted by Crippen LogP contribution is -3.00. The molecule has 0 fully saturated rings. The minimum atomic E-state index is -2.33. The molecule has 0 saturated carbocycles. The topological polar surface area (TPSA) is 25.8 Å². The molecule has 0 aliphatic heterocycles. The molecule has 0 N–H and O–H groups in total. The number of aromatic nitrogens is 2. The Labute approximate surface area is 255 Å². The van der Waals surface area contributed by atoms with Crippen molar-refractivity contribution < 1.29 is 17.0 Å². The summed E-state index contributed by atoms with van der Waals surface area (Å²) in [5, 5.41) is 5.19. The highest BCUT2D eigenvalue weighted by Crippen LogP contribution is 2.56. The molecule has 0 amide bonds. The molecule has 2 nitrogen and oxygen atoms in total. The maximum atomic E-state index is 5.18. The average Bonchev–Trinajstić information content (AvgIpc) is 3.01. The van der Waals surface area contributed by atoms with E-state index in [1.807, 2.05) is 30.5 Å². The highest BCUT2D eigenvalue weighted by atomic mass is 79.9. The van der Waals surface area contributed by atoms with Gasteiger partial charge in [0, 0.05) is 16.2 Å². The number of aryl methyl sites for hydroxylation is 1. The second-order valence-electron chi connectivity index (χ2n) is 9.42. The van der Waals surface area contributed by atoms with Gasteiger partial charge in [0.2, 0.25) is 0 Å². The fraction of sp³-hybridized carbons (Fsp3) is 0.0286. The highest BCUT2D eigenvalue weighted by molar-refractivity contribution is 9.10. The summed E-state index contributed by atoms with van der Waals surface area (Å²) < 4.78 is 1.09. The molecular formula is C35H27Br2N2P. The van der Waals surface area contributed by atoms with Crippen LogP contribution in [-0.4, -0.2) is 9.97 Å². The van der Waals surface area contributed by atoms with Gasteiger partial charge in [0.05, 0.1) is 17.1 Å². The molecule has 0 unspecified atom stereocenters. The summed E-state index contributed by atoms with van der Waals surface area (Å²) in [7, 11) is -2.33. The molecule has 6 aromatic rings. The fourth-order valence-corrected chi connectivity index (χ4v) is 10.2. The van der Waals surface area contributed by atoms with Crippen molar-refractivity contribution >= 4 is 44.4 Å². The van der Waals surface area contributed by atoms with Gasteiger partial charge in [0.25, 0.3) is 0 Å². The van der Waals surface area contributed by atoms with Gasteiger partial charge in [-0.25, -0.2) is 4.98 Å². The molecule has 196 valence electrons. The standard InChI is InChI=1S/C35H27BrN2P.BrH/c1-26-24-30(32-21-13-22-34(38-32)33-20-11-12-23-37-33)35(25-31(26)36)39(27-14-5-2-6-15-27,28-16-7-3-8-17-28)29-18-9-4-10-19-29;/h2-25H,1H3;1H/q+1;/p-1. The summed E-state index contributed by atoms with van der Waals surface area (Å²) in [5.74, 6) is 0. The van der Waals surface area contributed by atoms with E-state index in [1.54, 1.807) is 0 Å². The molecule has 4 aromatic carbocycles. The summed E-state index contributed by atoms with van der Waals surface area (Å²) in [5.41, 5.74) is 4.98. The van der Waals surface area contributed by atoms with Crippen LogP contribution in [0.1, 0.15) is 5.56 Å². The number of rotatable bonds is 6. The van der Waals surface area contributed by atoms with E-state index in [9.17, 15) is 0 Å². The van der Waals surface area contributed by atoms with Crippen molar-refractivity contribution in [3.8, 4) is 22.6 Å². The summed E-state index contributed by atoms with van der Waals surface area (Å²) in [6.45, 7) is 2.15. The monoisotopic (exact) mass is 664 g/mol. The van der Waals surface area contributed by atoms with Crippen molar-refractivity contribution in [1.82, 2.24) is 9.97 Å². The van der Waals surface area contributed by atoms with Crippen LogP contribution in [0.2, 0.25) is 0 Å². The van der Waals surface area contributed by atoms with Crippen LogP contribution in [0, 0.1) is 6.92 Å². The molecule has 0 radical (unpaired) electrons. The van der Waals surface area contributed by atoms with Crippen LogP contribution < -0.4 is 38.2 Å². The van der Waals surface area contributed by atoms with Crippen molar-refractivity contribution in [2.75, 3.05) is 0 Å². The van der Waals surface area contributed by atoms with E-state index in [4.69, 9.17) is 4.98 Å². The number of halogens is 2. The van der Waals surface area contributed by atoms with Crippen LogP contribution in [0.3, 0.4) is 0 Å². The molecule has 0 aliphatic rings. The first kappa shape index (κ1) is 28.1. The molecule has 0 bridgehead atoms. The fourth-order valence-electron chi connectivity index (χ4n) is 5.21. The molecule has 0 spiro atoms. The molecule has 0 aliphatic carbocycles. The molecule has 40 heavy (non-hydrogen) atoms. The first-order valence-electron chi connectivity index (χ1n) is 12.9. The van der Waals surface area contributed by atoms with Crippen molar-refractivity contribution in [2.24, 2.45) is 0 Å². The van der Waals surface area contributed by atoms with E-state index in [0.29, 0.717) is 0 Å². The van der Waals surface area contributed by atoms with E-state index >= 15 is 0 Å². The Morgan fingerprint density at radius 1 is 0.550 bits per heavy atom. The van der Waals surface area contributed by atoms with E-state index in [1.165, 1.54) is 26.8 Å². The van der Waals surface area contributed by atoms with Crippen molar-refractivity contribution in [2.45, 2.75) is 6.92 Å². The van der Waals surface area contributed by atoms with E-state index in [0.717, 1.165) is 27.1 Å². The number of hydrogen-bond acceptors (Lipinski definition) is 2. The summed E-state index contributed by atoms with van der Waals surface area (Å²) >= 11 is 3.90. The van der Waals surface area contributed by atoms with Gasteiger partial charge in [-0.15, -0.1) is 0 Å². The van der Waals surface area contributed by atoms with Gasteiger partial charge >= 0.3 is 0 Å². The minimum absolute atomic E-state index is 0. The Hall–Kier alpha value is -3.43. The Morgan fingerprint density at radius 2 is 1.05 bits per heavy atom. The van der Waals surface area contributed by atoms with E-state index in [2.05, 4.69) is 143 Å². The highest BCUT2D eigenvalue weighted by Gasteiger charge is 2.49.